The van der Waals surface area contributed by atoms with Crippen molar-refractivity contribution in [2.24, 2.45) is 0 Å². The van der Waals surface area contributed by atoms with Crippen molar-refractivity contribution in [2.75, 3.05) is 0 Å². The van der Waals surface area contributed by atoms with Crippen LogP contribution in [0.5, 0.6) is 0 Å². The molecule has 0 amide bonds. The van der Waals surface area contributed by atoms with E-state index in [-0.39, 0.29) is 55.0 Å². The maximum atomic E-state index is 6.62. The second-order valence-corrected chi connectivity index (χ2v) is 0.245. The molecule has 12 heavy (non-hydrogen) atoms. The molecule has 0 unspecified atom stereocenters. The van der Waals surface area contributed by atoms with Gasteiger partial charge in [-0.25, -0.2) is 31.5 Å². The molecule has 0 aromatic heterocycles. The Morgan fingerprint density at radius 1 is 0.583 bits per heavy atom. The third-order valence-corrected chi connectivity index (χ3v) is 0. The average Bonchev–Trinajstić information content (AvgIpc) is 1.70. The summed E-state index contributed by atoms with van der Waals surface area (Å²) in [4.78, 5) is 0. The normalized spacial score (nSPS) is 4.50. The van der Waals surface area contributed by atoms with Crippen molar-refractivity contribution in [2.45, 2.75) is 0 Å². The fourth-order valence-electron chi connectivity index (χ4n) is 0. The van der Waals surface area contributed by atoms with Crippen molar-refractivity contribution in [1.82, 2.24) is 0 Å². The quantitative estimate of drug-likeness (QED) is 0.133. The second kappa shape index (κ2) is 84.9. The maximum Gasteiger partial charge on any atom is 1.00 e. The van der Waals surface area contributed by atoms with Crippen LogP contribution in [0.25, 0.3) is 0 Å². The molecule has 0 aliphatic rings. The molecule has 0 saturated carbocycles. The van der Waals surface area contributed by atoms with Crippen molar-refractivity contribution in [3.8, 4) is 0 Å². The SMILES string of the molecule is OOO.OOO.OOO.[AlH3].[AlH3].[H-].[Li+]. The predicted octanol–water partition coefficient (Wildman–Crippen LogP) is -5.40. The molecule has 0 atom stereocenters. The molecule has 0 heterocycles. The third kappa shape index (κ3) is 707. The summed E-state index contributed by atoms with van der Waals surface area (Å²) in [7, 11) is 0. The zero-order valence-corrected chi connectivity index (χ0v) is 4.91. The molecule has 0 aliphatic carbocycles. The van der Waals surface area contributed by atoms with Gasteiger partial charge < -0.3 is 1.43 Å². The average molecular weight is 218 g/mol. The molecular formula is H13Al2LiO9. The standard InChI is InChI=1S/2Al.Li.3H2O3.7H/c;;;3*1-3-2;;;;;;;/h;;;3*1-2H;;;;;;;/q;;+1;;;;;;;;;;-1. The molecule has 9 nitrogen and oxygen atoms in total. The Kier molecular flexibility index (Phi) is 267. The van der Waals surface area contributed by atoms with Gasteiger partial charge in [0, 0.05) is 0 Å². The van der Waals surface area contributed by atoms with Crippen LogP contribution in [0.1, 0.15) is 1.43 Å². The van der Waals surface area contributed by atoms with E-state index < -0.39 is 0 Å². The molecule has 0 saturated heterocycles. The summed E-state index contributed by atoms with van der Waals surface area (Å²) in [6.07, 6.45) is 0. The van der Waals surface area contributed by atoms with E-state index in [0.29, 0.717) is 0 Å². The smallest absolute Gasteiger partial charge is 1.00 e. The van der Waals surface area contributed by atoms with Gasteiger partial charge in [-0.05, 0) is 0 Å². The zero-order chi connectivity index (χ0) is 8.12. The van der Waals surface area contributed by atoms with E-state index >= 15 is 0 Å². The minimum atomic E-state index is 0. The van der Waals surface area contributed by atoms with E-state index in [4.69, 9.17) is 31.5 Å². The van der Waals surface area contributed by atoms with Crippen LogP contribution in [-0.2, 0) is 15.1 Å². The van der Waals surface area contributed by atoms with Gasteiger partial charge in [-0.1, -0.05) is 15.1 Å². The minimum Gasteiger partial charge on any atom is -1.00 e. The van der Waals surface area contributed by atoms with E-state index in [0.717, 1.165) is 0 Å². The summed E-state index contributed by atoms with van der Waals surface area (Å²) in [5.41, 5.74) is 0. The summed E-state index contributed by atoms with van der Waals surface area (Å²) in [5.74, 6) is 0. The Balaban J connectivity index is -0.00000000720. The Labute approximate surface area is 102 Å². The van der Waals surface area contributed by atoms with Gasteiger partial charge in [-0.2, -0.15) is 0 Å². The Hall–Kier alpha value is 1.30. The van der Waals surface area contributed by atoms with Gasteiger partial charge in [-0.3, -0.25) is 0 Å². The largest absolute Gasteiger partial charge is 1.00 e. The van der Waals surface area contributed by atoms with Crippen LogP contribution in [0.15, 0.2) is 0 Å². The fraction of sp³-hybridized carbons (Fsp3) is 0. The van der Waals surface area contributed by atoms with Gasteiger partial charge in [0.05, 0.1) is 0 Å². The Bertz CT molecular complexity index is 22.3. The minimum absolute atomic E-state index is 0. The van der Waals surface area contributed by atoms with Gasteiger partial charge in [0.2, 0.25) is 0 Å². The monoisotopic (exact) mass is 218 g/mol. The molecule has 0 rings (SSSR count). The topological polar surface area (TPSA) is 149 Å². The molecule has 6 N–H and O–H groups in total. The van der Waals surface area contributed by atoms with E-state index in [1.54, 1.807) is 0 Å². The van der Waals surface area contributed by atoms with E-state index in [2.05, 4.69) is 15.1 Å². The first-order chi connectivity index (χ1) is 4.24. The maximum absolute atomic E-state index is 6.62. The van der Waals surface area contributed by atoms with Crippen molar-refractivity contribution in [3.05, 3.63) is 0 Å². The first-order valence-electron chi connectivity index (χ1n) is 1.10. The molecule has 0 fully saturated rings. The molecule has 74 valence electrons. The zero-order valence-electron chi connectivity index (χ0n) is 5.91. The molecule has 0 bridgehead atoms. The summed E-state index contributed by atoms with van der Waals surface area (Å²) in [6.45, 7) is 0. The summed E-state index contributed by atoms with van der Waals surface area (Å²) < 4.78 is 0. The molecular weight excluding hydrogens is 205 g/mol. The molecule has 0 aliphatic heterocycles. The number of hydrogen-bond donors (Lipinski definition) is 6. The molecule has 0 spiro atoms. The van der Waals surface area contributed by atoms with Gasteiger partial charge in [0.1, 0.15) is 0 Å². The van der Waals surface area contributed by atoms with Crippen molar-refractivity contribution in [3.63, 3.8) is 0 Å². The first-order valence-corrected chi connectivity index (χ1v) is 1.10. The summed E-state index contributed by atoms with van der Waals surface area (Å²) in [6, 6.07) is 0. The van der Waals surface area contributed by atoms with Crippen LogP contribution in [-0.4, -0.2) is 66.3 Å². The third-order valence-electron chi connectivity index (χ3n) is 0. The van der Waals surface area contributed by atoms with Gasteiger partial charge in [0.15, 0.2) is 34.7 Å². The van der Waals surface area contributed by atoms with Gasteiger partial charge >= 0.3 is 18.9 Å². The fourth-order valence-corrected chi connectivity index (χ4v) is 0. The van der Waals surface area contributed by atoms with Crippen LogP contribution in [0.4, 0.5) is 0 Å². The van der Waals surface area contributed by atoms with Crippen LogP contribution < -0.4 is 18.9 Å². The van der Waals surface area contributed by atoms with Crippen molar-refractivity contribution in [1.29, 1.82) is 0 Å². The van der Waals surface area contributed by atoms with Crippen molar-refractivity contribution < 1.29 is 66.9 Å². The summed E-state index contributed by atoms with van der Waals surface area (Å²) in [5, 5.41) is 46.5. The number of rotatable bonds is 0. The van der Waals surface area contributed by atoms with Crippen LogP contribution in [0, 0.1) is 0 Å². The van der Waals surface area contributed by atoms with Gasteiger partial charge in [-0.15, -0.1) is 0 Å². The first kappa shape index (κ1) is 37.8. The molecule has 0 aromatic carbocycles. The van der Waals surface area contributed by atoms with Crippen LogP contribution >= 0.6 is 0 Å². The van der Waals surface area contributed by atoms with E-state index in [1.165, 1.54) is 0 Å². The summed E-state index contributed by atoms with van der Waals surface area (Å²) >= 11 is 0. The van der Waals surface area contributed by atoms with Crippen LogP contribution in [0.3, 0.4) is 0 Å². The molecule has 0 radical (unpaired) electrons. The second-order valence-electron chi connectivity index (χ2n) is 0.245. The van der Waals surface area contributed by atoms with Crippen LogP contribution in [0.2, 0.25) is 0 Å². The Morgan fingerprint density at radius 2 is 0.583 bits per heavy atom. The van der Waals surface area contributed by atoms with Crippen molar-refractivity contribution >= 4 is 34.7 Å². The van der Waals surface area contributed by atoms with E-state index in [1.807, 2.05) is 0 Å². The van der Waals surface area contributed by atoms with E-state index in [9.17, 15) is 0 Å². The Morgan fingerprint density at radius 3 is 0.583 bits per heavy atom. The predicted molar refractivity (Wildman–Crippen MR) is 40.0 cm³/mol. The van der Waals surface area contributed by atoms with Gasteiger partial charge in [0.25, 0.3) is 0 Å². The molecule has 12 heteroatoms. The number of hydrogen-bond acceptors (Lipinski definition) is 9. The molecule has 0 aromatic rings.